The highest BCUT2D eigenvalue weighted by molar-refractivity contribution is 5.97. The van der Waals surface area contributed by atoms with Crippen LogP contribution in [-0.2, 0) is 28.7 Å². The maximum absolute atomic E-state index is 11.6. The zero-order valence-electron chi connectivity index (χ0n) is 14.3. The standard InChI is InChI=1S/C17H26O6/c1-17(2,3)23-16(21)12-14(19)11-10-13(18)8-6-5-7-9-15(20)22-4/h7,9H,5-6,8,10-12H2,1-4H3/b9-7+. The smallest absolute Gasteiger partial charge is 0.330 e. The van der Waals surface area contributed by atoms with Crippen LogP contribution in [0, 0.1) is 0 Å². The summed E-state index contributed by atoms with van der Waals surface area (Å²) in [5.41, 5.74) is -0.620. The Bertz CT molecular complexity index is 456. The number of ether oxygens (including phenoxy) is 2. The number of hydrogen-bond acceptors (Lipinski definition) is 6. The van der Waals surface area contributed by atoms with Crippen molar-refractivity contribution in [2.75, 3.05) is 7.11 Å². The van der Waals surface area contributed by atoms with Crippen LogP contribution in [0.5, 0.6) is 0 Å². The van der Waals surface area contributed by atoms with Crippen LogP contribution in [0.4, 0.5) is 0 Å². The molecule has 0 bridgehead atoms. The van der Waals surface area contributed by atoms with Crippen molar-refractivity contribution in [3.8, 4) is 0 Å². The molecule has 23 heavy (non-hydrogen) atoms. The second kappa shape index (κ2) is 10.7. The Morgan fingerprint density at radius 2 is 1.57 bits per heavy atom. The number of hydrogen-bond donors (Lipinski definition) is 0. The lowest BCUT2D eigenvalue weighted by molar-refractivity contribution is -0.156. The van der Waals surface area contributed by atoms with E-state index in [9.17, 15) is 19.2 Å². The summed E-state index contributed by atoms with van der Waals surface area (Å²) in [7, 11) is 1.30. The number of ketones is 2. The van der Waals surface area contributed by atoms with Gasteiger partial charge in [-0.1, -0.05) is 6.08 Å². The van der Waals surface area contributed by atoms with Crippen LogP contribution in [-0.4, -0.2) is 36.2 Å². The molecule has 0 aliphatic carbocycles. The average molecular weight is 326 g/mol. The summed E-state index contributed by atoms with van der Waals surface area (Å²) in [6, 6.07) is 0. The van der Waals surface area contributed by atoms with E-state index in [4.69, 9.17) is 4.74 Å². The van der Waals surface area contributed by atoms with Gasteiger partial charge in [0, 0.05) is 25.3 Å². The summed E-state index contributed by atoms with van der Waals surface area (Å²) >= 11 is 0. The van der Waals surface area contributed by atoms with Gasteiger partial charge in [0.15, 0.2) is 0 Å². The van der Waals surface area contributed by atoms with Crippen molar-refractivity contribution in [1.82, 2.24) is 0 Å². The van der Waals surface area contributed by atoms with E-state index in [0.29, 0.717) is 19.3 Å². The molecule has 0 spiro atoms. The third-order valence-electron chi connectivity index (χ3n) is 2.73. The van der Waals surface area contributed by atoms with Crippen molar-refractivity contribution in [3.63, 3.8) is 0 Å². The predicted octanol–water partition coefficient (Wildman–Crippen LogP) is 2.54. The van der Waals surface area contributed by atoms with E-state index in [1.807, 2.05) is 0 Å². The summed E-state index contributed by atoms with van der Waals surface area (Å²) in [4.78, 5) is 45.5. The van der Waals surface area contributed by atoms with Gasteiger partial charge in [-0.15, -0.1) is 0 Å². The topological polar surface area (TPSA) is 86.7 Å². The van der Waals surface area contributed by atoms with E-state index < -0.39 is 17.5 Å². The molecule has 0 saturated carbocycles. The Balaban J connectivity index is 3.84. The largest absolute Gasteiger partial charge is 0.466 e. The second-order valence-corrected chi connectivity index (χ2v) is 6.16. The molecule has 0 radical (unpaired) electrons. The molecule has 0 unspecified atom stereocenters. The maximum Gasteiger partial charge on any atom is 0.330 e. The number of esters is 2. The molecule has 0 N–H and O–H groups in total. The highest BCUT2D eigenvalue weighted by Crippen LogP contribution is 2.10. The molecular formula is C17H26O6. The molecule has 6 heteroatoms. The fourth-order valence-electron chi connectivity index (χ4n) is 1.70. The Morgan fingerprint density at radius 3 is 2.13 bits per heavy atom. The highest BCUT2D eigenvalue weighted by atomic mass is 16.6. The Labute approximate surface area is 137 Å². The molecule has 0 heterocycles. The number of Topliss-reactive ketones (excluding diaryl/α,β-unsaturated/α-hetero) is 2. The van der Waals surface area contributed by atoms with Gasteiger partial charge in [0.25, 0.3) is 0 Å². The van der Waals surface area contributed by atoms with E-state index in [2.05, 4.69) is 4.74 Å². The molecule has 130 valence electrons. The first-order valence-corrected chi connectivity index (χ1v) is 7.64. The lowest BCUT2D eigenvalue weighted by atomic mass is 10.1. The predicted molar refractivity (Wildman–Crippen MR) is 84.7 cm³/mol. The fraction of sp³-hybridized carbons (Fsp3) is 0.647. The molecule has 0 aliphatic rings. The van der Waals surface area contributed by atoms with Gasteiger partial charge >= 0.3 is 11.9 Å². The minimum atomic E-state index is -0.620. The van der Waals surface area contributed by atoms with Crippen molar-refractivity contribution in [2.45, 2.75) is 64.9 Å². The normalized spacial score (nSPS) is 11.3. The van der Waals surface area contributed by atoms with Crippen LogP contribution in [0.25, 0.3) is 0 Å². The van der Waals surface area contributed by atoms with Crippen LogP contribution >= 0.6 is 0 Å². The molecule has 6 nitrogen and oxygen atoms in total. The summed E-state index contributed by atoms with van der Waals surface area (Å²) in [5, 5.41) is 0. The van der Waals surface area contributed by atoms with E-state index in [1.165, 1.54) is 13.2 Å². The lowest BCUT2D eigenvalue weighted by Crippen LogP contribution is -2.25. The first kappa shape index (κ1) is 21.0. The molecular weight excluding hydrogens is 300 g/mol. The molecule has 0 aromatic rings. The van der Waals surface area contributed by atoms with Gasteiger partial charge in [0.05, 0.1) is 7.11 Å². The van der Waals surface area contributed by atoms with Gasteiger partial charge in [-0.05, 0) is 33.6 Å². The highest BCUT2D eigenvalue weighted by Gasteiger charge is 2.19. The van der Waals surface area contributed by atoms with Crippen LogP contribution in [0.15, 0.2) is 12.2 Å². The minimum absolute atomic E-state index is 0.0333. The first-order valence-electron chi connectivity index (χ1n) is 7.64. The number of carbonyl (C=O) groups excluding carboxylic acids is 4. The number of allylic oxidation sites excluding steroid dienone is 1. The third-order valence-corrected chi connectivity index (χ3v) is 2.73. The summed E-state index contributed by atoms with van der Waals surface area (Å²) in [6.07, 6.45) is 4.37. The maximum atomic E-state index is 11.6. The van der Waals surface area contributed by atoms with Gasteiger partial charge in [-0.2, -0.15) is 0 Å². The summed E-state index contributed by atoms with van der Waals surface area (Å²) < 4.78 is 9.48. The number of carbonyl (C=O) groups is 4. The summed E-state index contributed by atoms with van der Waals surface area (Å²) in [6.45, 7) is 5.19. The molecule has 0 aromatic heterocycles. The fourth-order valence-corrected chi connectivity index (χ4v) is 1.70. The minimum Gasteiger partial charge on any atom is -0.466 e. The first-order chi connectivity index (χ1) is 10.6. The average Bonchev–Trinajstić information content (AvgIpc) is 2.42. The van der Waals surface area contributed by atoms with Crippen molar-refractivity contribution < 1.29 is 28.7 Å². The molecule has 0 amide bonds. The zero-order chi connectivity index (χ0) is 17.9. The zero-order valence-corrected chi connectivity index (χ0v) is 14.3. The van der Waals surface area contributed by atoms with Crippen molar-refractivity contribution in [1.29, 1.82) is 0 Å². The number of unbranched alkanes of at least 4 members (excludes halogenated alkanes) is 1. The van der Waals surface area contributed by atoms with E-state index in [0.717, 1.165) is 0 Å². The van der Waals surface area contributed by atoms with Crippen LogP contribution in [0.2, 0.25) is 0 Å². The van der Waals surface area contributed by atoms with Gasteiger partial charge in [0.2, 0.25) is 0 Å². The third kappa shape index (κ3) is 13.4. The van der Waals surface area contributed by atoms with Gasteiger partial charge in [-0.25, -0.2) is 4.79 Å². The Kier molecular flexibility index (Phi) is 9.78. The second-order valence-electron chi connectivity index (χ2n) is 6.16. The van der Waals surface area contributed by atoms with Crippen molar-refractivity contribution in [2.24, 2.45) is 0 Å². The van der Waals surface area contributed by atoms with E-state index in [-0.39, 0.29) is 30.8 Å². The molecule has 0 saturated heterocycles. The van der Waals surface area contributed by atoms with Crippen LogP contribution in [0.3, 0.4) is 0 Å². The number of rotatable bonds is 10. The Hall–Kier alpha value is -1.98. The summed E-state index contributed by atoms with van der Waals surface area (Å²) in [5.74, 6) is -1.32. The van der Waals surface area contributed by atoms with Gasteiger partial charge in [-0.3, -0.25) is 14.4 Å². The van der Waals surface area contributed by atoms with E-state index in [1.54, 1.807) is 26.8 Å². The molecule has 0 fully saturated rings. The van der Waals surface area contributed by atoms with Crippen LogP contribution < -0.4 is 0 Å². The Morgan fingerprint density at radius 1 is 0.957 bits per heavy atom. The van der Waals surface area contributed by atoms with Gasteiger partial charge < -0.3 is 9.47 Å². The monoisotopic (exact) mass is 326 g/mol. The molecule has 0 atom stereocenters. The number of methoxy groups -OCH3 is 1. The van der Waals surface area contributed by atoms with Gasteiger partial charge in [0.1, 0.15) is 23.6 Å². The molecule has 0 aliphatic heterocycles. The quantitative estimate of drug-likeness (QED) is 0.265. The van der Waals surface area contributed by atoms with Crippen LogP contribution in [0.1, 0.15) is 59.3 Å². The molecule has 0 aromatic carbocycles. The molecule has 0 rings (SSSR count). The SMILES string of the molecule is COC(=O)/C=C/CCCC(=O)CCC(=O)CC(=O)OC(C)(C)C. The van der Waals surface area contributed by atoms with Crippen molar-refractivity contribution in [3.05, 3.63) is 12.2 Å². The van der Waals surface area contributed by atoms with Crippen molar-refractivity contribution >= 4 is 23.5 Å². The van der Waals surface area contributed by atoms with E-state index >= 15 is 0 Å². The lowest BCUT2D eigenvalue weighted by Gasteiger charge is -2.19.